The number of nitrogens with two attached hydrogens (primary N) is 3. The van der Waals surface area contributed by atoms with Crippen LogP contribution in [0.4, 0.5) is 0 Å². The Balaban J connectivity index is 3.06. The Morgan fingerprint density at radius 2 is 2.08 bits per heavy atom. The molecule has 0 radical (unpaired) electrons. The van der Waals surface area contributed by atoms with Crippen LogP contribution in [-0.2, 0) is 4.74 Å². The van der Waals surface area contributed by atoms with Gasteiger partial charge < -0.3 is 21.5 Å². The van der Waals surface area contributed by atoms with Crippen molar-refractivity contribution >= 4 is 5.96 Å². The molecule has 0 bridgehead atoms. The van der Waals surface area contributed by atoms with Gasteiger partial charge in [-0.05, 0) is 6.92 Å². The molecule has 1 unspecified atom stereocenters. The maximum Gasteiger partial charge on any atom is 0.260 e. The summed E-state index contributed by atoms with van der Waals surface area (Å²) in [4.78, 5) is 3.82. The molecule has 68 valence electrons. The van der Waals surface area contributed by atoms with Crippen molar-refractivity contribution < 1.29 is 4.74 Å². The van der Waals surface area contributed by atoms with E-state index in [1.807, 2.05) is 0 Å². The molecule has 6 heteroatoms. The van der Waals surface area contributed by atoms with Gasteiger partial charge in [0, 0.05) is 12.8 Å². The summed E-state index contributed by atoms with van der Waals surface area (Å²) in [6.45, 7) is 1.75. The quantitative estimate of drug-likeness (QED) is 0.353. The lowest BCUT2D eigenvalue weighted by Gasteiger charge is -2.29. The molecule has 0 aromatic heterocycles. The highest BCUT2D eigenvalue weighted by Gasteiger charge is 2.32. The third-order valence-electron chi connectivity index (χ3n) is 1.70. The number of nitrogens with one attached hydrogen (secondary N) is 1. The Labute approximate surface area is 70.4 Å². The van der Waals surface area contributed by atoms with Crippen molar-refractivity contribution in [3.8, 4) is 0 Å². The summed E-state index contributed by atoms with van der Waals surface area (Å²) in [6, 6.07) is 0. The Bertz CT molecular complexity index is 259. The van der Waals surface area contributed by atoms with Gasteiger partial charge in [0.25, 0.3) is 5.85 Å². The molecule has 0 aliphatic carbocycles. The molecule has 0 saturated heterocycles. The highest BCUT2D eigenvalue weighted by molar-refractivity contribution is 5.81. The van der Waals surface area contributed by atoms with Crippen LogP contribution in [0.1, 0.15) is 6.92 Å². The van der Waals surface area contributed by atoms with Gasteiger partial charge in [-0.2, -0.15) is 4.99 Å². The average Bonchev–Trinajstić information content (AvgIpc) is 2.00. The summed E-state index contributed by atoms with van der Waals surface area (Å²) in [5, 5.41) is 2.74. The van der Waals surface area contributed by atoms with Crippen molar-refractivity contribution in [2.75, 3.05) is 7.11 Å². The van der Waals surface area contributed by atoms with Gasteiger partial charge in [0.15, 0.2) is 5.96 Å². The highest BCUT2D eigenvalue weighted by Crippen LogP contribution is 2.17. The van der Waals surface area contributed by atoms with Crippen molar-refractivity contribution in [2.45, 2.75) is 12.8 Å². The topological polar surface area (TPSA) is 112 Å². The first-order valence-corrected chi connectivity index (χ1v) is 3.43. The Morgan fingerprint density at radius 1 is 1.50 bits per heavy atom. The van der Waals surface area contributed by atoms with Crippen molar-refractivity contribution in [3.05, 3.63) is 11.4 Å². The summed E-state index contributed by atoms with van der Waals surface area (Å²) in [5.41, 5.74) is 17.7. The molecule has 0 spiro atoms. The van der Waals surface area contributed by atoms with Crippen LogP contribution in [0.15, 0.2) is 16.4 Å². The SMILES string of the molecule is COC1(N)N=C(N)NC(C)=C1N. The van der Waals surface area contributed by atoms with Crippen LogP contribution in [0, 0.1) is 0 Å². The van der Waals surface area contributed by atoms with Crippen LogP contribution >= 0.6 is 0 Å². The van der Waals surface area contributed by atoms with E-state index in [9.17, 15) is 0 Å². The van der Waals surface area contributed by atoms with Gasteiger partial charge in [0.1, 0.15) is 0 Å². The molecule has 6 nitrogen and oxygen atoms in total. The second kappa shape index (κ2) is 2.65. The largest absolute Gasteiger partial charge is 0.395 e. The van der Waals surface area contributed by atoms with E-state index in [2.05, 4.69) is 10.3 Å². The third-order valence-corrected chi connectivity index (χ3v) is 1.70. The van der Waals surface area contributed by atoms with Crippen LogP contribution in [0.25, 0.3) is 0 Å². The number of methoxy groups -OCH3 is 1. The minimum absolute atomic E-state index is 0.200. The van der Waals surface area contributed by atoms with Gasteiger partial charge in [0.05, 0.1) is 5.70 Å². The fourth-order valence-electron chi connectivity index (χ4n) is 0.951. The number of allylic oxidation sites excluding steroid dienone is 1. The minimum atomic E-state index is -1.32. The number of hydrogen-bond donors (Lipinski definition) is 4. The van der Waals surface area contributed by atoms with Crippen LogP contribution in [-0.4, -0.2) is 18.9 Å². The minimum Gasteiger partial charge on any atom is -0.395 e. The van der Waals surface area contributed by atoms with E-state index in [-0.39, 0.29) is 5.96 Å². The summed E-state index contributed by atoms with van der Waals surface area (Å²) in [5.74, 6) is -1.12. The molecule has 0 amide bonds. The van der Waals surface area contributed by atoms with Crippen molar-refractivity contribution in [2.24, 2.45) is 22.2 Å². The molecule has 0 aromatic carbocycles. The molecule has 1 atom stereocenters. The molecule has 7 N–H and O–H groups in total. The predicted molar refractivity (Wildman–Crippen MR) is 45.6 cm³/mol. The molecule has 0 aromatic rings. The molecule has 1 heterocycles. The predicted octanol–water partition coefficient (Wildman–Crippen LogP) is -1.65. The summed E-state index contributed by atoms with van der Waals surface area (Å²) in [6.07, 6.45) is 0. The lowest BCUT2D eigenvalue weighted by molar-refractivity contribution is 0.0310. The number of aliphatic imine (C=N–C) groups is 1. The van der Waals surface area contributed by atoms with Crippen LogP contribution < -0.4 is 22.5 Å². The number of hydrogen-bond acceptors (Lipinski definition) is 6. The third kappa shape index (κ3) is 1.21. The molecular formula is C6H13N5O. The Morgan fingerprint density at radius 3 is 2.58 bits per heavy atom. The molecule has 0 fully saturated rings. The normalized spacial score (nSPS) is 29.8. The molecular weight excluding hydrogens is 158 g/mol. The van der Waals surface area contributed by atoms with Crippen LogP contribution in [0.3, 0.4) is 0 Å². The molecule has 0 saturated carbocycles. The van der Waals surface area contributed by atoms with Gasteiger partial charge in [-0.1, -0.05) is 0 Å². The second-order valence-corrected chi connectivity index (χ2v) is 2.56. The van der Waals surface area contributed by atoms with Crippen molar-refractivity contribution in [1.82, 2.24) is 5.32 Å². The van der Waals surface area contributed by atoms with Crippen molar-refractivity contribution in [3.63, 3.8) is 0 Å². The van der Waals surface area contributed by atoms with Gasteiger partial charge in [-0.15, -0.1) is 0 Å². The average molecular weight is 171 g/mol. The molecule has 1 aliphatic heterocycles. The standard InChI is InChI=1S/C6H13N5O/c1-3-4(7)6(9,12-2)11-5(8)10-3/h7,9H2,1-2H3,(H3,8,10,11). The van der Waals surface area contributed by atoms with E-state index in [1.165, 1.54) is 7.11 Å². The molecule has 1 rings (SSSR count). The number of nitrogens with zero attached hydrogens (tertiary/aromatic N) is 1. The van der Waals surface area contributed by atoms with Crippen LogP contribution in [0.2, 0.25) is 0 Å². The first-order valence-electron chi connectivity index (χ1n) is 3.43. The summed E-state index contributed by atoms with van der Waals surface area (Å²) >= 11 is 0. The van der Waals surface area contributed by atoms with Gasteiger partial charge in [-0.25, -0.2) is 0 Å². The zero-order valence-corrected chi connectivity index (χ0v) is 7.09. The van der Waals surface area contributed by atoms with E-state index in [1.54, 1.807) is 6.92 Å². The maximum atomic E-state index is 5.67. The lowest BCUT2D eigenvalue weighted by atomic mass is 10.2. The zero-order chi connectivity index (χ0) is 9.35. The number of rotatable bonds is 1. The molecule has 1 aliphatic rings. The van der Waals surface area contributed by atoms with E-state index in [4.69, 9.17) is 21.9 Å². The fraction of sp³-hybridized carbons (Fsp3) is 0.500. The first kappa shape index (κ1) is 8.82. The van der Waals surface area contributed by atoms with Gasteiger partial charge in [-0.3, -0.25) is 5.73 Å². The van der Waals surface area contributed by atoms with E-state index < -0.39 is 5.85 Å². The fourth-order valence-corrected chi connectivity index (χ4v) is 0.951. The first-order chi connectivity index (χ1) is 5.49. The Hall–Kier alpha value is -1.27. The van der Waals surface area contributed by atoms with E-state index in [0.717, 1.165) is 0 Å². The molecule has 12 heavy (non-hydrogen) atoms. The maximum absolute atomic E-state index is 5.67. The van der Waals surface area contributed by atoms with Gasteiger partial charge >= 0.3 is 0 Å². The lowest BCUT2D eigenvalue weighted by Crippen LogP contribution is -2.53. The Kier molecular flexibility index (Phi) is 1.95. The van der Waals surface area contributed by atoms with Crippen LogP contribution in [0.5, 0.6) is 0 Å². The summed E-state index contributed by atoms with van der Waals surface area (Å²) < 4.78 is 4.92. The monoisotopic (exact) mass is 171 g/mol. The number of ether oxygens (including phenoxy) is 1. The smallest absolute Gasteiger partial charge is 0.260 e. The zero-order valence-electron chi connectivity index (χ0n) is 7.09. The van der Waals surface area contributed by atoms with E-state index in [0.29, 0.717) is 11.4 Å². The summed E-state index contributed by atoms with van der Waals surface area (Å²) in [7, 11) is 1.42. The second-order valence-electron chi connectivity index (χ2n) is 2.56. The van der Waals surface area contributed by atoms with Crippen molar-refractivity contribution in [1.29, 1.82) is 0 Å². The highest BCUT2D eigenvalue weighted by atomic mass is 16.5. The number of guanidine groups is 1. The van der Waals surface area contributed by atoms with E-state index >= 15 is 0 Å². The van der Waals surface area contributed by atoms with Gasteiger partial charge in [0.2, 0.25) is 0 Å².